The molecule has 84 valence electrons. The van der Waals surface area contributed by atoms with Gasteiger partial charge in [-0.3, -0.25) is 0 Å². The van der Waals surface area contributed by atoms with Crippen LogP contribution in [0.2, 0.25) is 0 Å². The Kier molecular flexibility index (Phi) is 2.76. The van der Waals surface area contributed by atoms with E-state index in [1.807, 2.05) is 13.8 Å². The lowest BCUT2D eigenvalue weighted by molar-refractivity contribution is 0.479. The van der Waals surface area contributed by atoms with E-state index in [0.29, 0.717) is 12.4 Å². The van der Waals surface area contributed by atoms with E-state index in [-0.39, 0.29) is 0 Å². The van der Waals surface area contributed by atoms with E-state index in [9.17, 15) is 0 Å². The van der Waals surface area contributed by atoms with E-state index in [0.717, 1.165) is 22.8 Å². The molecule has 0 saturated carbocycles. The lowest BCUT2D eigenvalue weighted by Gasteiger charge is -2.05. The zero-order chi connectivity index (χ0) is 11.5. The molecule has 0 unspecified atom stereocenters. The smallest absolute Gasteiger partial charge is 0.213 e. The molecule has 0 aliphatic rings. The predicted octanol–water partition coefficient (Wildman–Crippen LogP) is 1.88. The minimum Gasteiger partial charge on any atom is -0.444 e. The van der Waals surface area contributed by atoms with Crippen molar-refractivity contribution < 1.29 is 4.42 Å². The van der Waals surface area contributed by atoms with Crippen LogP contribution in [0.5, 0.6) is 0 Å². The average molecular weight is 218 g/mol. The average Bonchev–Trinajstić information content (AvgIpc) is 2.66. The third kappa shape index (κ3) is 2.31. The predicted molar refractivity (Wildman–Crippen MR) is 62.0 cm³/mol. The third-order valence-corrected chi connectivity index (χ3v) is 2.23. The number of pyridine rings is 1. The summed E-state index contributed by atoms with van der Waals surface area (Å²) in [6, 6.07) is 1.80. The van der Waals surface area contributed by atoms with Gasteiger partial charge in [-0.2, -0.15) is 0 Å². The van der Waals surface area contributed by atoms with Gasteiger partial charge >= 0.3 is 0 Å². The fourth-order valence-electron chi connectivity index (χ4n) is 1.29. The zero-order valence-electron chi connectivity index (χ0n) is 9.32. The molecule has 0 bridgehead atoms. The van der Waals surface area contributed by atoms with Crippen molar-refractivity contribution in [1.29, 1.82) is 0 Å². The second-order valence-corrected chi connectivity index (χ2v) is 3.64. The summed E-state index contributed by atoms with van der Waals surface area (Å²) in [7, 11) is 0. The first-order valence-electron chi connectivity index (χ1n) is 5.02. The van der Waals surface area contributed by atoms with Gasteiger partial charge in [0.25, 0.3) is 0 Å². The van der Waals surface area contributed by atoms with Gasteiger partial charge in [0.2, 0.25) is 5.89 Å². The van der Waals surface area contributed by atoms with Gasteiger partial charge in [-0.1, -0.05) is 0 Å². The Hall–Kier alpha value is -2.04. The van der Waals surface area contributed by atoms with E-state index >= 15 is 0 Å². The molecular weight excluding hydrogens is 204 g/mol. The fourth-order valence-corrected chi connectivity index (χ4v) is 1.29. The molecule has 3 N–H and O–H groups in total. The number of nitrogens with zero attached hydrogens (tertiary/aromatic N) is 2. The highest BCUT2D eigenvalue weighted by Gasteiger charge is 2.02. The second kappa shape index (κ2) is 4.22. The van der Waals surface area contributed by atoms with Crippen LogP contribution in [0.4, 0.5) is 11.5 Å². The minimum atomic E-state index is 0.503. The third-order valence-electron chi connectivity index (χ3n) is 2.23. The molecule has 2 rings (SSSR count). The number of nitrogens with one attached hydrogen (secondary N) is 1. The van der Waals surface area contributed by atoms with E-state index in [1.165, 1.54) is 0 Å². The molecular formula is C11H14N4O. The van der Waals surface area contributed by atoms with Crippen LogP contribution in [-0.2, 0) is 6.54 Å². The van der Waals surface area contributed by atoms with Crippen molar-refractivity contribution in [2.45, 2.75) is 20.4 Å². The SMILES string of the molecule is Cc1cnc(CNc2cc(N)c(C)cn2)o1. The Labute approximate surface area is 93.7 Å². The maximum Gasteiger partial charge on any atom is 0.213 e. The van der Waals surface area contributed by atoms with Gasteiger partial charge in [0.1, 0.15) is 11.6 Å². The van der Waals surface area contributed by atoms with Gasteiger partial charge in [0, 0.05) is 18.0 Å². The summed E-state index contributed by atoms with van der Waals surface area (Å²) in [6.07, 6.45) is 3.42. The largest absolute Gasteiger partial charge is 0.444 e. The van der Waals surface area contributed by atoms with E-state index in [4.69, 9.17) is 10.2 Å². The number of rotatable bonds is 3. The molecule has 5 heteroatoms. The van der Waals surface area contributed by atoms with Crippen LogP contribution in [-0.4, -0.2) is 9.97 Å². The quantitative estimate of drug-likeness (QED) is 0.822. The van der Waals surface area contributed by atoms with Crippen molar-refractivity contribution >= 4 is 11.5 Å². The molecule has 0 saturated heterocycles. The summed E-state index contributed by atoms with van der Waals surface area (Å²) in [5, 5.41) is 3.09. The number of aromatic nitrogens is 2. The highest BCUT2D eigenvalue weighted by Crippen LogP contribution is 2.14. The van der Waals surface area contributed by atoms with Crippen LogP contribution in [0.25, 0.3) is 0 Å². The van der Waals surface area contributed by atoms with Gasteiger partial charge in [-0.15, -0.1) is 0 Å². The first kappa shape index (κ1) is 10.5. The standard InChI is InChI=1S/C11H14N4O/c1-7-4-13-10(3-9(7)12)14-6-11-15-5-8(2)16-11/h3-5H,6H2,1-2H3,(H3,12,13,14). The van der Waals surface area contributed by atoms with Crippen molar-refractivity contribution in [3.05, 3.63) is 35.7 Å². The maximum atomic E-state index is 5.77. The Morgan fingerprint density at radius 3 is 2.75 bits per heavy atom. The number of hydrogen-bond acceptors (Lipinski definition) is 5. The summed E-state index contributed by atoms with van der Waals surface area (Å²) < 4.78 is 5.33. The Bertz CT molecular complexity index is 492. The van der Waals surface area contributed by atoms with Crippen molar-refractivity contribution in [3.8, 4) is 0 Å². The van der Waals surface area contributed by atoms with E-state index in [1.54, 1.807) is 18.5 Å². The molecule has 2 aromatic rings. The number of nitrogen functional groups attached to an aromatic ring is 1. The number of aryl methyl sites for hydroxylation is 2. The van der Waals surface area contributed by atoms with Crippen LogP contribution in [0.15, 0.2) is 22.9 Å². The Morgan fingerprint density at radius 2 is 2.12 bits per heavy atom. The summed E-state index contributed by atoms with van der Waals surface area (Å²) in [5.41, 5.74) is 7.47. The molecule has 0 fully saturated rings. The molecule has 16 heavy (non-hydrogen) atoms. The molecule has 2 heterocycles. The van der Waals surface area contributed by atoms with Crippen LogP contribution in [0.1, 0.15) is 17.2 Å². The zero-order valence-corrected chi connectivity index (χ0v) is 9.32. The van der Waals surface area contributed by atoms with Crippen molar-refractivity contribution in [1.82, 2.24) is 9.97 Å². The molecule has 0 spiro atoms. The van der Waals surface area contributed by atoms with E-state index in [2.05, 4.69) is 15.3 Å². The van der Waals surface area contributed by atoms with Crippen LogP contribution < -0.4 is 11.1 Å². The first-order valence-corrected chi connectivity index (χ1v) is 5.02. The number of anilines is 2. The number of oxazole rings is 1. The minimum absolute atomic E-state index is 0.503. The summed E-state index contributed by atoms with van der Waals surface area (Å²) in [6.45, 7) is 4.28. The molecule has 0 aromatic carbocycles. The summed E-state index contributed by atoms with van der Waals surface area (Å²) >= 11 is 0. The van der Waals surface area contributed by atoms with Gasteiger partial charge < -0.3 is 15.5 Å². The van der Waals surface area contributed by atoms with Crippen LogP contribution in [0, 0.1) is 13.8 Å². The number of hydrogen-bond donors (Lipinski definition) is 2. The molecule has 2 aromatic heterocycles. The molecule has 0 atom stereocenters. The monoisotopic (exact) mass is 218 g/mol. The fraction of sp³-hybridized carbons (Fsp3) is 0.273. The Morgan fingerprint density at radius 1 is 1.31 bits per heavy atom. The van der Waals surface area contributed by atoms with Gasteiger partial charge in [0.15, 0.2) is 0 Å². The lowest BCUT2D eigenvalue weighted by atomic mass is 10.2. The molecule has 0 radical (unpaired) electrons. The topological polar surface area (TPSA) is 77.0 Å². The molecule has 0 aliphatic heterocycles. The Balaban J connectivity index is 2.02. The van der Waals surface area contributed by atoms with Gasteiger partial charge in [0.05, 0.1) is 12.7 Å². The molecule has 5 nitrogen and oxygen atoms in total. The molecule has 0 amide bonds. The summed E-state index contributed by atoms with van der Waals surface area (Å²) in [4.78, 5) is 8.28. The second-order valence-electron chi connectivity index (χ2n) is 3.64. The molecule has 0 aliphatic carbocycles. The van der Waals surface area contributed by atoms with Gasteiger partial charge in [-0.05, 0) is 19.4 Å². The maximum absolute atomic E-state index is 5.77. The van der Waals surface area contributed by atoms with Crippen molar-refractivity contribution in [3.63, 3.8) is 0 Å². The summed E-state index contributed by atoms with van der Waals surface area (Å²) in [5.74, 6) is 2.16. The van der Waals surface area contributed by atoms with Crippen LogP contribution in [0.3, 0.4) is 0 Å². The highest BCUT2D eigenvalue weighted by molar-refractivity contribution is 5.53. The van der Waals surface area contributed by atoms with Crippen molar-refractivity contribution in [2.75, 3.05) is 11.1 Å². The first-order chi connectivity index (χ1) is 7.65. The van der Waals surface area contributed by atoms with Crippen molar-refractivity contribution in [2.24, 2.45) is 0 Å². The van der Waals surface area contributed by atoms with E-state index < -0.39 is 0 Å². The van der Waals surface area contributed by atoms with Crippen LogP contribution >= 0.6 is 0 Å². The normalized spacial score (nSPS) is 10.4. The highest BCUT2D eigenvalue weighted by atomic mass is 16.4. The lowest BCUT2D eigenvalue weighted by Crippen LogP contribution is -2.03. The van der Waals surface area contributed by atoms with Gasteiger partial charge in [-0.25, -0.2) is 9.97 Å². The number of nitrogens with two attached hydrogens (primary N) is 1.